The van der Waals surface area contributed by atoms with Crippen molar-refractivity contribution in [3.63, 3.8) is 0 Å². The normalized spacial score (nSPS) is 52.5. The third-order valence-electron chi connectivity index (χ3n) is 17.0. The Kier molecular flexibility index (Phi) is 11.3. The highest BCUT2D eigenvalue weighted by Gasteiger charge is 2.70. The van der Waals surface area contributed by atoms with Gasteiger partial charge in [-0.3, -0.25) is 9.59 Å². The van der Waals surface area contributed by atoms with Gasteiger partial charge in [-0.1, -0.05) is 46.3 Å². The molecule has 7 rings (SSSR count). The quantitative estimate of drug-likeness (QED) is 0.0996. The van der Waals surface area contributed by atoms with Crippen molar-refractivity contribution >= 4 is 17.9 Å². The van der Waals surface area contributed by atoms with Crippen molar-refractivity contribution in [1.82, 2.24) is 0 Å². The Bertz CT molecular complexity index is 1650. The zero-order valence-corrected chi connectivity index (χ0v) is 34.3. The van der Waals surface area contributed by atoms with Crippen molar-refractivity contribution in [3.8, 4) is 0 Å². The molecule has 58 heavy (non-hydrogen) atoms. The minimum atomic E-state index is -1.90. The van der Waals surface area contributed by atoms with Crippen molar-refractivity contribution in [2.45, 2.75) is 167 Å². The summed E-state index contributed by atoms with van der Waals surface area (Å²) in [4.78, 5) is 39.3. The number of hydrogen-bond acceptors (Lipinski definition) is 14. The number of esters is 1. The van der Waals surface area contributed by atoms with Gasteiger partial charge >= 0.3 is 17.9 Å². The first kappa shape index (κ1) is 43.8. The number of aliphatic hydroxyl groups excluding tert-OH is 7. The van der Waals surface area contributed by atoms with E-state index in [1.807, 2.05) is 0 Å². The van der Waals surface area contributed by atoms with Crippen LogP contribution >= 0.6 is 0 Å². The number of fused-ring (bicyclic) bond motifs is 7. The number of carboxylic acids is 2. The van der Waals surface area contributed by atoms with Gasteiger partial charge in [-0.2, -0.15) is 0 Å². The van der Waals surface area contributed by atoms with Gasteiger partial charge < -0.3 is 64.9 Å². The van der Waals surface area contributed by atoms with Crippen molar-refractivity contribution in [1.29, 1.82) is 0 Å². The maximum atomic E-state index is 14.1. The molecule has 0 aromatic carbocycles. The summed E-state index contributed by atoms with van der Waals surface area (Å²) in [5, 5.41) is 92.9. The van der Waals surface area contributed by atoms with E-state index in [2.05, 4.69) is 40.7 Å². The number of aliphatic carboxylic acids is 2. The summed E-state index contributed by atoms with van der Waals surface area (Å²) in [7, 11) is 0. The smallest absolute Gasteiger partial charge is 0.335 e. The van der Waals surface area contributed by atoms with E-state index in [0.717, 1.165) is 25.7 Å². The molecule has 0 unspecified atom stereocenters. The van der Waals surface area contributed by atoms with E-state index in [4.69, 9.17) is 18.9 Å². The molecule has 0 spiro atoms. The Balaban J connectivity index is 1.15. The van der Waals surface area contributed by atoms with Crippen LogP contribution in [0.2, 0.25) is 0 Å². The van der Waals surface area contributed by atoms with Crippen LogP contribution < -0.4 is 0 Å². The molecule has 5 aliphatic carbocycles. The SMILES string of the molecule is CC1(C)C[C@@H]2C3=CC[C@H]4[C@]5(C)CC[C@@H](O[C@@H]6O[C@H](C(=O)O)[C@@H](O)[C@@H](O)[C@@H]6O)[C@@](C)(C(=O)O)[C@@H]5CC[C@@]4(C)[C@@]3(C)CC[C@@H]2[C@H](C(=O)O[C@@H]2O[C@@H](CO)[C@@H](O)[C@@H](O)[C@@H]2O)C1. The maximum Gasteiger partial charge on any atom is 0.335 e. The largest absolute Gasteiger partial charge is 0.481 e. The fourth-order valence-electron chi connectivity index (χ4n) is 13.7. The molecule has 0 bridgehead atoms. The molecule has 0 aromatic rings. The van der Waals surface area contributed by atoms with E-state index >= 15 is 0 Å². The molecule has 7 aliphatic rings. The maximum absolute atomic E-state index is 14.1. The summed E-state index contributed by atoms with van der Waals surface area (Å²) in [5.41, 5.74) is -1.39. The standard InChI is InChI=1S/C42H64O16/c1-38(2)15-19-18(20(16-38)34(52)58-35-30(48)27(45)26(44)22(17-43)55-35)9-13-40(4)21(19)7-8-23-39(3)12-11-25(42(6,37(53)54)24(39)10-14-41(23,40)5)56-36-31(49)28(46)29(47)32(57-36)33(50)51/h7,18-20,22-32,35-36,43-49H,8-17H2,1-6H3,(H,50,51)(H,53,54)/t18-,19-,20+,22-,23-,24+,25+,26+,27+,28+,29-,30-,31-,32-,35-,36+,39-,40-,41+,42-/m0/s1. The van der Waals surface area contributed by atoms with Gasteiger partial charge in [0.05, 0.1) is 24.0 Å². The van der Waals surface area contributed by atoms with Gasteiger partial charge in [0.15, 0.2) is 12.4 Å². The average Bonchev–Trinajstić information content (AvgIpc) is 3.15. The number of carboxylic acid groups (broad SMARTS) is 2. The summed E-state index contributed by atoms with van der Waals surface area (Å²) in [6.45, 7) is 12.2. The molecular formula is C42H64O16. The molecule has 328 valence electrons. The van der Waals surface area contributed by atoms with Crippen LogP contribution in [0.25, 0.3) is 0 Å². The first-order valence-electron chi connectivity index (χ1n) is 21.0. The molecule has 4 saturated carbocycles. The predicted octanol–water partition coefficient (Wildman–Crippen LogP) is 1.33. The summed E-state index contributed by atoms with van der Waals surface area (Å²) >= 11 is 0. The van der Waals surface area contributed by atoms with Crippen molar-refractivity contribution < 1.29 is 79.3 Å². The average molecular weight is 825 g/mol. The highest BCUT2D eigenvalue weighted by atomic mass is 16.7. The van der Waals surface area contributed by atoms with E-state index < -0.39 is 109 Å². The van der Waals surface area contributed by atoms with Crippen LogP contribution in [-0.2, 0) is 33.3 Å². The lowest BCUT2D eigenvalue weighted by atomic mass is 9.34. The van der Waals surface area contributed by atoms with Gasteiger partial charge in [0, 0.05) is 0 Å². The highest BCUT2D eigenvalue weighted by molar-refractivity contribution is 5.76. The lowest BCUT2D eigenvalue weighted by Gasteiger charge is -2.70. The fourth-order valence-corrected chi connectivity index (χ4v) is 13.7. The molecule has 2 aliphatic heterocycles. The first-order chi connectivity index (χ1) is 27.0. The van der Waals surface area contributed by atoms with Crippen molar-refractivity contribution in [2.24, 2.45) is 56.7 Å². The van der Waals surface area contributed by atoms with Crippen molar-refractivity contribution in [2.75, 3.05) is 6.61 Å². The van der Waals surface area contributed by atoms with Crippen LogP contribution in [0.15, 0.2) is 11.6 Å². The number of carbonyl (C=O) groups excluding carboxylic acids is 1. The van der Waals surface area contributed by atoms with E-state index in [1.165, 1.54) is 5.57 Å². The topological polar surface area (TPSA) is 270 Å². The molecule has 16 heteroatoms. The Morgan fingerprint density at radius 3 is 2.05 bits per heavy atom. The van der Waals surface area contributed by atoms with E-state index in [9.17, 15) is 60.3 Å². The first-order valence-corrected chi connectivity index (χ1v) is 21.0. The van der Waals surface area contributed by atoms with E-state index in [1.54, 1.807) is 6.92 Å². The lowest BCUT2D eigenvalue weighted by Crippen LogP contribution is -2.67. The molecule has 6 fully saturated rings. The Morgan fingerprint density at radius 2 is 1.41 bits per heavy atom. The molecule has 20 atom stereocenters. The van der Waals surface area contributed by atoms with Crippen LogP contribution in [0, 0.1) is 56.7 Å². The fraction of sp³-hybridized carbons (Fsp3) is 0.881. The van der Waals surface area contributed by atoms with Gasteiger partial charge in [-0.25, -0.2) is 4.79 Å². The number of hydrogen-bond donors (Lipinski definition) is 9. The summed E-state index contributed by atoms with van der Waals surface area (Å²) in [6, 6.07) is 0. The molecule has 0 amide bonds. The molecule has 2 heterocycles. The second kappa shape index (κ2) is 15.0. The van der Waals surface area contributed by atoms with E-state index in [0.29, 0.717) is 25.7 Å². The minimum absolute atomic E-state index is 0.0528. The van der Waals surface area contributed by atoms with Crippen LogP contribution in [0.1, 0.15) is 99.3 Å². The Hall–Kier alpha value is -2.25. The third-order valence-corrected chi connectivity index (χ3v) is 17.0. The number of carbonyl (C=O) groups is 3. The molecule has 0 radical (unpaired) electrons. The molecule has 0 aromatic heterocycles. The summed E-state index contributed by atoms with van der Waals surface area (Å²) in [5.74, 6) is -4.01. The van der Waals surface area contributed by atoms with Crippen LogP contribution in [0.4, 0.5) is 0 Å². The monoisotopic (exact) mass is 824 g/mol. The second-order valence-electron chi connectivity index (χ2n) is 20.4. The molecule has 9 N–H and O–H groups in total. The Morgan fingerprint density at radius 1 is 0.759 bits per heavy atom. The second-order valence-corrected chi connectivity index (χ2v) is 20.4. The predicted molar refractivity (Wildman–Crippen MR) is 200 cm³/mol. The van der Waals surface area contributed by atoms with Gasteiger partial charge in [0.1, 0.15) is 42.7 Å². The van der Waals surface area contributed by atoms with Crippen LogP contribution in [-0.4, -0.2) is 138 Å². The van der Waals surface area contributed by atoms with Crippen LogP contribution in [0.5, 0.6) is 0 Å². The zero-order valence-electron chi connectivity index (χ0n) is 34.3. The third kappa shape index (κ3) is 6.49. The number of allylic oxidation sites excluding steroid dienone is 2. The van der Waals surface area contributed by atoms with Gasteiger partial charge in [-0.15, -0.1) is 0 Å². The van der Waals surface area contributed by atoms with Gasteiger partial charge in [0.2, 0.25) is 6.29 Å². The number of ether oxygens (including phenoxy) is 4. The number of rotatable bonds is 7. The molecule has 2 saturated heterocycles. The van der Waals surface area contributed by atoms with Gasteiger partial charge in [0.25, 0.3) is 0 Å². The molecule has 16 nitrogen and oxygen atoms in total. The summed E-state index contributed by atoms with van der Waals surface area (Å²) in [6.07, 6.45) is -9.69. The zero-order chi connectivity index (χ0) is 42.7. The highest BCUT2D eigenvalue weighted by Crippen LogP contribution is 2.75. The van der Waals surface area contributed by atoms with Crippen molar-refractivity contribution in [3.05, 3.63) is 11.6 Å². The summed E-state index contributed by atoms with van der Waals surface area (Å²) < 4.78 is 22.9. The lowest BCUT2D eigenvalue weighted by molar-refractivity contribution is -0.323. The van der Waals surface area contributed by atoms with Crippen LogP contribution in [0.3, 0.4) is 0 Å². The van der Waals surface area contributed by atoms with Gasteiger partial charge in [-0.05, 0) is 110 Å². The number of aliphatic hydroxyl groups is 7. The van der Waals surface area contributed by atoms with E-state index in [-0.39, 0.29) is 46.3 Å². The molecular weight excluding hydrogens is 760 g/mol. The minimum Gasteiger partial charge on any atom is -0.481 e. The Labute approximate surface area is 338 Å².